The Labute approximate surface area is 60.4 Å². The third-order valence-electron chi connectivity index (χ3n) is 2.31. The molecular weight excluding hydrogens is 124 g/mol. The van der Waals surface area contributed by atoms with Crippen LogP contribution in [0, 0.1) is 11.8 Å². The number of fused-ring (bicyclic) bond motifs is 1. The van der Waals surface area contributed by atoms with Crippen LogP contribution in [-0.4, -0.2) is 6.29 Å². The Kier molecular flexibility index (Phi) is 1.23. The zero-order valence-corrected chi connectivity index (χ0v) is 5.71. The Hall–Kier alpha value is -0.850. The smallest absolute Gasteiger partial charge is 0.229 e. The van der Waals surface area contributed by atoms with Gasteiger partial charge in [0, 0.05) is 11.5 Å². The molecule has 0 spiro atoms. The second kappa shape index (κ2) is 2.08. The van der Waals surface area contributed by atoms with Crippen LogP contribution >= 0.6 is 0 Å². The van der Waals surface area contributed by atoms with Crippen LogP contribution in [0.25, 0.3) is 0 Å². The molecule has 3 aliphatic rings. The third kappa shape index (κ3) is 0.737. The molecule has 0 aromatic heterocycles. The first-order chi connectivity index (χ1) is 4.90. The summed E-state index contributed by atoms with van der Waals surface area (Å²) in [5, 5.41) is 0. The second-order valence-corrected chi connectivity index (χ2v) is 2.96. The van der Waals surface area contributed by atoms with Gasteiger partial charge in [0.2, 0.25) is 6.29 Å². The lowest BCUT2D eigenvalue weighted by molar-refractivity contribution is 0.502. The summed E-state index contributed by atoms with van der Waals surface area (Å²) in [5.74, 6) is 0.920. The van der Waals surface area contributed by atoms with Crippen LogP contribution < -0.4 is 0 Å². The first-order valence-corrected chi connectivity index (χ1v) is 3.68. The summed E-state index contributed by atoms with van der Waals surface area (Å²) in [6, 6.07) is 0. The van der Waals surface area contributed by atoms with E-state index in [0.29, 0.717) is 11.8 Å². The van der Waals surface area contributed by atoms with E-state index in [4.69, 9.17) is 0 Å². The van der Waals surface area contributed by atoms with E-state index in [1.165, 1.54) is 6.42 Å². The lowest BCUT2D eigenvalue weighted by atomic mass is 9.77. The van der Waals surface area contributed by atoms with E-state index in [-0.39, 0.29) is 0 Å². The minimum atomic E-state index is 0.391. The minimum absolute atomic E-state index is 0.391. The molecule has 1 nitrogen and oxygen atoms in total. The Morgan fingerprint density at radius 2 is 2.30 bits per heavy atom. The van der Waals surface area contributed by atoms with E-state index < -0.39 is 0 Å². The van der Waals surface area contributed by atoms with Crippen molar-refractivity contribution < 1.29 is 4.79 Å². The fraction of sp³-hybridized carbons (Fsp3) is 0.444. The molecule has 0 aromatic carbocycles. The molecule has 0 N–H and O–H groups in total. The number of hydrogen-bond donors (Lipinski definition) is 0. The van der Waals surface area contributed by atoms with Gasteiger partial charge in [-0.15, -0.1) is 0 Å². The topological polar surface area (TPSA) is 17.1 Å². The average molecular weight is 133 g/mol. The second-order valence-electron chi connectivity index (χ2n) is 2.96. The maximum atomic E-state index is 10.3. The van der Waals surface area contributed by atoms with Crippen LogP contribution in [0.5, 0.6) is 0 Å². The highest BCUT2D eigenvalue weighted by Gasteiger charge is 2.23. The molecule has 1 radical (unpaired) electrons. The highest BCUT2D eigenvalue weighted by Crippen LogP contribution is 2.34. The third-order valence-corrected chi connectivity index (χ3v) is 2.31. The summed E-state index contributed by atoms with van der Waals surface area (Å²) in [6.45, 7) is 0. The Morgan fingerprint density at radius 1 is 1.40 bits per heavy atom. The highest BCUT2D eigenvalue weighted by molar-refractivity contribution is 5.76. The lowest BCUT2D eigenvalue weighted by Crippen LogP contribution is -2.17. The van der Waals surface area contributed by atoms with Crippen molar-refractivity contribution in [2.45, 2.75) is 12.8 Å². The molecule has 3 rings (SSSR count). The molecule has 3 aliphatic carbocycles. The molecular formula is C9H9O. The lowest BCUT2D eigenvalue weighted by Gasteiger charge is -2.27. The molecule has 2 unspecified atom stereocenters. The Balaban J connectivity index is 2.32. The van der Waals surface area contributed by atoms with Gasteiger partial charge in [-0.2, -0.15) is 0 Å². The van der Waals surface area contributed by atoms with E-state index >= 15 is 0 Å². The molecule has 0 heterocycles. The van der Waals surface area contributed by atoms with Crippen molar-refractivity contribution in [1.82, 2.24) is 0 Å². The molecule has 0 amide bonds. The van der Waals surface area contributed by atoms with Gasteiger partial charge in [0.05, 0.1) is 0 Å². The predicted molar refractivity (Wildman–Crippen MR) is 39.1 cm³/mol. The van der Waals surface area contributed by atoms with Crippen LogP contribution in [0.15, 0.2) is 23.8 Å². The largest absolute Gasteiger partial charge is 0.285 e. The van der Waals surface area contributed by atoms with Crippen molar-refractivity contribution in [1.29, 1.82) is 0 Å². The molecule has 2 bridgehead atoms. The first-order valence-electron chi connectivity index (χ1n) is 3.68. The van der Waals surface area contributed by atoms with Crippen LogP contribution in [0.1, 0.15) is 12.8 Å². The molecule has 2 atom stereocenters. The fourth-order valence-corrected chi connectivity index (χ4v) is 1.70. The van der Waals surface area contributed by atoms with Crippen molar-refractivity contribution in [2.75, 3.05) is 0 Å². The Morgan fingerprint density at radius 3 is 2.60 bits per heavy atom. The van der Waals surface area contributed by atoms with Gasteiger partial charge in [-0.25, -0.2) is 0 Å². The molecule has 0 aromatic rings. The monoisotopic (exact) mass is 133 g/mol. The predicted octanol–water partition coefficient (Wildman–Crippen LogP) is 1.62. The molecule has 1 heteroatoms. The molecule has 0 saturated carbocycles. The normalized spacial score (nSPS) is 35.8. The van der Waals surface area contributed by atoms with E-state index in [9.17, 15) is 4.79 Å². The van der Waals surface area contributed by atoms with E-state index in [0.717, 1.165) is 12.0 Å². The van der Waals surface area contributed by atoms with Gasteiger partial charge in [0.15, 0.2) is 0 Å². The zero-order valence-electron chi connectivity index (χ0n) is 5.71. The summed E-state index contributed by atoms with van der Waals surface area (Å²) in [4.78, 5) is 10.3. The minimum Gasteiger partial charge on any atom is -0.285 e. The van der Waals surface area contributed by atoms with E-state index in [1.807, 2.05) is 12.4 Å². The van der Waals surface area contributed by atoms with Crippen molar-refractivity contribution in [3.05, 3.63) is 23.8 Å². The maximum Gasteiger partial charge on any atom is 0.229 e. The van der Waals surface area contributed by atoms with Crippen LogP contribution in [0.4, 0.5) is 0 Å². The van der Waals surface area contributed by atoms with Crippen molar-refractivity contribution in [3.8, 4) is 0 Å². The van der Waals surface area contributed by atoms with Crippen LogP contribution in [-0.2, 0) is 4.79 Å². The maximum absolute atomic E-state index is 10.3. The fourth-order valence-electron chi connectivity index (χ4n) is 1.70. The summed E-state index contributed by atoms with van der Waals surface area (Å²) in [6.07, 6.45) is 10.7. The van der Waals surface area contributed by atoms with Gasteiger partial charge in [-0.3, -0.25) is 4.79 Å². The number of allylic oxidation sites excluding steroid dienone is 4. The average Bonchev–Trinajstić information content (AvgIpc) is 2.06. The Bertz CT molecular complexity index is 213. The summed E-state index contributed by atoms with van der Waals surface area (Å²) in [5.41, 5.74) is 0.874. The molecule has 51 valence electrons. The van der Waals surface area contributed by atoms with Gasteiger partial charge >= 0.3 is 0 Å². The molecule has 0 aliphatic heterocycles. The van der Waals surface area contributed by atoms with Crippen LogP contribution in [0.3, 0.4) is 0 Å². The first kappa shape index (κ1) is 5.90. The van der Waals surface area contributed by atoms with Gasteiger partial charge in [0.25, 0.3) is 0 Å². The van der Waals surface area contributed by atoms with Gasteiger partial charge < -0.3 is 0 Å². The van der Waals surface area contributed by atoms with E-state index in [1.54, 1.807) is 0 Å². The SMILES string of the molecule is O=[C]C1=CC2C=CC1CC2. The van der Waals surface area contributed by atoms with Gasteiger partial charge in [0.1, 0.15) is 0 Å². The van der Waals surface area contributed by atoms with Crippen molar-refractivity contribution in [2.24, 2.45) is 11.8 Å². The quantitative estimate of drug-likeness (QED) is 0.497. The molecule has 0 fully saturated rings. The summed E-state index contributed by atoms with van der Waals surface area (Å²) >= 11 is 0. The van der Waals surface area contributed by atoms with Crippen LogP contribution in [0.2, 0.25) is 0 Å². The van der Waals surface area contributed by atoms with Gasteiger partial charge in [-0.1, -0.05) is 18.2 Å². The summed E-state index contributed by atoms with van der Waals surface area (Å²) < 4.78 is 0. The highest BCUT2D eigenvalue weighted by atomic mass is 16.1. The van der Waals surface area contributed by atoms with E-state index in [2.05, 4.69) is 12.2 Å². The number of hydrogen-bond acceptors (Lipinski definition) is 1. The zero-order chi connectivity index (χ0) is 6.97. The summed E-state index contributed by atoms with van der Waals surface area (Å²) in [7, 11) is 0. The van der Waals surface area contributed by atoms with Crippen molar-refractivity contribution in [3.63, 3.8) is 0 Å². The standard InChI is InChI=1S/C9H9O/c10-6-9-5-7-1-3-8(9)4-2-7/h1,3,5,7-8H,2,4H2. The number of carbonyl (C=O) groups excluding carboxylic acids is 1. The van der Waals surface area contributed by atoms with Gasteiger partial charge in [-0.05, 0) is 18.8 Å². The van der Waals surface area contributed by atoms with Crippen molar-refractivity contribution >= 4 is 6.29 Å². The molecule has 0 saturated heterocycles. The molecule has 10 heavy (non-hydrogen) atoms. The number of rotatable bonds is 1.